The zero-order chi connectivity index (χ0) is 15.2. The van der Waals surface area contributed by atoms with Crippen LogP contribution in [0.15, 0.2) is 12.3 Å². The number of nitrogens with zero attached hydrogens (tertiary/aromatic N) is 1. The minimum Gasteiger partial charge on any atom is -0.478 e. The largest absolute Gasteiger partial charge is 0.478 e. The first kappa shape index (κ1) is 16.2. The molecule has 0 atom stereocenters. The van der Waals surface area contributed by atoms with Gasteiger partial charge in [-0.1, -0.05) is 20.8 Å². The van der Waals surface area contributed by atoms with Gasteiger partial charge in [-0.15, -0.1) is 0 Å². The summed E-state index contributed by atoms with van der Waals surface area (Å²) in [4.78, 5) is 14.8. The van der Waals surface area contributed by atoms with Gasteiger partial charge in [-0.25, -0.2) is 9.78 Å². The predicted octanol–water partition coefficient (Wildman–Crippen LogP) is 1.87. The lowest BCUT2D eigenvalue weighted by Crippen LogP contribution is -2.23. The van der Waals surface area contributed by atoms with E-state index in [2.05, 4.69) is 31.1 Å². The van der Waals surface area contributed by atoms with Crippen LogP contribution in [-0.2, 0) is 12.0 Å². The van der Waals surface area contributed by atoms with Gasteiger partial charge < -0.3 is 20.9 Å². The van der Waals surface area contributed by atoms with E-state index in [-0.39, 0.29) is 12.0 Å². The van der Waals surface area contributed by atoms with Gasteiger partial charge in [0.25, 0.3) is 0 Å². The molecule has 0 unspecified atom stereocenters. The van der Waals surface area contributed by atoms with E-state index in [1.807, 2.05) is 6.07 Å². The lowest BCUT2D eigenvalue weighted by Gasteiger charge is -2.23. The molecule has 0 aliphatic heterocycles. The summed E-state index contributed by atoms with van der Waals surface area (Å²) in [7, 11) is 0. The molecule has 0 spiro atoms. The second-order valence-electron chi connectivity index (χ2n) is 5.58. The number of rotatable bonds is 6. The highest BCUT2D eigenvalue weighted by atomic mass is 16.5. The fourth-order valence-corrected chi connectivity index (χ4v) is 1.81. The fourth-order valence-electron chi connectivity index (χ4n) is 1.81. The molecule has 1 amide bonds. The van der Waals surface area contributed by atoms with E-state index in [0.717, 1.165) is 17.5 Å². The Kier molecular flexibility index (Phi) is 5.76. The zero-order valence-electron chi connectivity index (χ0n) is 12.3. The maximum Gasteiger partial charge on any atom is 0.404 e. The standard InChI is InChI=1S/C14H23N3O3/c1-14(2,3)11-7-12(20-6-4-5-15)16-8-10(11)9-17-13(18)19/h7-8,17H,4-6,9,15H2,1-3H3,(H,18,19). The van der Waals surface area contributed by atoms with Crippen LogP contribution < -0.4 is 15.8 Å². The molecule has 20 heavy (non-hydrogen) atoms. The van der Waals surface area contributed by atoms with Crippen LogP contribution in [0.1, 0.15) is 38.3 Å². The molecule has 4 N–H and O–H groups in total. The molecule has 0 saturated heterocycles. The number of ether oxygens (including phenoxy) is 1. The molecule has 0 aliphatic rings. The van der Waals surface area contributed by atoms with E-state index < -0.39 is 6.09 Å². The molecule has 6 heteroatoms. The van der Waals surface area contributed by atoms with Crippen molar-refractivity contribution in [1.29, 1.82) is 0 Å². The molecule has 1 rings (SSSR count). The third-order valence-electron chi connectivity index (χ3n) is 2.80. The molecule has 0 aliphatic carbocycles. The summed E-state index contributed by atoms with van der Waals surface area (Å²) in [5.74, 6) is 0.544. The third kappa shape index (κ3) is 5.05. The highest BCUT2D eigenvalue weighted by Crippen LogP contribution is 2.28. The Labute approximate surface area is 119 Å². The van der Waals surface area contributed by atoms with Crippen molar-refractivity contribution in [3.05, 3.63) is 23.4 Å². The summed E-state index contributed by atoms with van der Waals surface area (Å²) in [5, 5.41) is 11.1. The fraction of sp³-hybridized carbons (Fsp3) is 0.571. The molecule has 112 valence electrons. The molecule has 1 heterocycles. The smallest absolute Gasteiger partial charge is 0.404 e. The van der Waals surface area contributed by atoms with Gasteiger partial charge in [-0.2, -0.15) is 0 Å². The number of aromatic nitrogens is 1. The molecular formula is C14H23N3O3. The number of hydrogen-bond acceptors (Lipinski definition) is 4. The second kappa shape index (κ2) is 7.09. The van der Waals surface area contributed by atoms with Crippen molar-refractivity contribution >= 4 is 6.09 Å². The SMILES string of the molecule is CC(C)(C)c1cc(OCCCN)ncc1CNC(=O)O. The summed E-state index contributed by atoms with van der Waals surface area (Å²) in [6, 6.07) is 1.87. The number of carbonyl (C=O) groups is 1. The van der Waals surface area contributed by atoms with Crippen molar-refractivity contribution in [1.82, 2.24) is 10.3 Å². The Morgan fingerprint density at radius 2 is 2.20 bits per heavy atom. The Bertz CT molecular complexity index is 455. The van der Waals surface area contributed by atoms with Gasteiger partial charge in [0, 0.05) is 18.8 Å². The summed E-state index contributed by atoms with van der Waals surface area (Å²) in [5.41, 5.74) is 7.17. The molecule has 0 bridgehead atoms. The first-order valence-electron chi connectivity index (χ1n) is 6.63. The van der Waals surface area contributed by atoms with E-state index in [0.29, 0.717) is 19.0 Å². The van der Waals surface area contributed by atoms with E-state index in [9.17, 15) is 4.79 Å². The Balaban J connectivity index is 2.92. The van der Waals surface area contributed by atoms with Crippen molar-refractivity contribution in [2.75, 3.05) is 13.2 Å². The lowest BCUT2D eigenvalue weighted by atomic mass is 9.84. The average molecular weight is 281 g/mol. The zero-order valence-corrected chi connectivity index (χ0v) is 12.3. The van der Waals surface area contributed by atoms with Crippen LogP contribution in [0.3, 0.4) is 0 Å². The van der Waals surface area contributed by atoms with Crippen LogP contribution in [0.25, 0.3) is 0 Å². The van der Waals surface area contributed by atoms with Gasteiger partial charge in [0.05, 0.1) is 6.61 Å². The van der Waals surface area contributed by atoms with Crippen LogP contribution in [0.2, 0.25) is 0 Å². The summed E-state index contributed by atoms with van der Waals surface area (Å²) >= 11 is 0. The molecule has 1 aromatic rings. The van der Waals surface area contributed by atoms with Gasteiger partial charge in [0.2, 0.25) is 5.88 Å². The summed E-state index contributed by atoms with van der Waals surface area (Å²) in [6.07, 6.45) is 1.39. The average Bonchev–Trinajstić information content (AvgIpc) is 2.36. The monoisotopic (exact) mass is 281 g/mol. The van der Waals surface area contributed by atoms with E-state index in [1.54, 1.807) is 6.20 Å². The second-order valence-corrected chi connectivity index (χ2v) is 5.58. The van der Waals surface area contributed by atoms with Crippen LogP contribution in [0, 0.1) is 0 Å². The van der Waals surface area contributed by atoms with Gasteiger partial charge in [0.1, 0.15) is 0 Å². The minimum absolute atomic E-state index is 0.121. The summed E-state index contributed by atoms with van der Waals surface area (Å²) in [6.45, 7) is 7.54. The number of hydrogen-bond donors (Lipinski definition) is 3. The van der Waals surface area contributed by atoms with Crippen molar-refractivity contribution in [2.45, 2.75) is 39.2 Å². The van der Waals surface area contributed by atoms with Crippen molar-refractivity contribution < 1.29 is 14.6 Å². The highest BCUT2D eigenvalue weighted by Gasteiger charge is 2.19. The molecule has 0 radical (unpaired) electrons. The quantitative estimate of drug-likeness (QED) is 0.692. The van der Waals surface area contributed by atoms with Gasteiger partial charge in [0.15, 0.2) is 0 Å². The topological polar surface area (TPSA) is 97.5 Å². The van der Waals surface area contributed by atoms with Crippen LogP contribution in [-0.4, -0.2) is 29.3 Å². The Hall–Kier alpha value is -1.82. The number of pyridine rings is 1. The first-order chi connectivity index (χ1) is 9.34. The maximum atomic E-state index is 10.6. The van der Waals surface area contributed by atoms with Crippen molar-refractivity contribution in [2.24, 2.45) is 5.73 Å². The van der Waals surface area contributed by atoms with Crippen LogP contribution in [0.4, 0.5) is 4.79 Å². The normalized spacial score (nSPS) is 11.2. The minimum atomic E-state index is -1.05. The molecule has 1 aromatic heterocycles. The third-order valence-corrected chi connectivity index (χ3v) is 2.80. The van der Waals surface area contributed by atoms with E-state index in [1.165, 1.54) is 0 Å². The lowest BCUT2D eigenvalue weighted by molar-refractivity contribution is 0.194. The molecule has 6 nitrogen and oxygen atoms in total. The Morgan fingerprint density at radius 3 is 2.75 bits per heavy atom. The van der Waals surface area contributed by atoms with Gasteiger partial charge in [-0.3, -0.25) is 0 Å². The van der Waals surface area contributed by atoms with E-state index in [4.69, 9.17) is 15.6 Å². The van der Waals surface area contributed by atoms with E-state index >= 15 is 0 Å². The van der Waals surface area contributed by atoms with Gasteiger partial charge >= 0.3 is 6.09 Å². The maximum absolute atomic E-state index is 10.6. The summed E-state index contributed by atoms with van der Waals surface area (Å²) < 4.78 is 5.53. The number of carboxylic acid groups (broad SMARTS) is 1. The van der Waals surface area contributed by atoms with Crippen LogP contribution in [0.5, 0.6) is 5.88 Å². The molecular weight excluding hydrogens is 258 g/mol. The Morgan fingerprint density at radius 1 is 1.50 bits per heavy atom. The number of nitrogens with two attached hydrogens (primary N) is 1. The number of nitrogens with one attached hydrogen (secondary N) is 1. The molecule has 0 saturated carbocycles. The van der Waals surface area contributed by atoms with Gasteiger partial charge in [-0.05, 0) is 29.5 Å². The van der Waals surface area contributed by atoms with Crippen molar-refractivity contribution in [3.63, 3.8) is 0 Å². The molecule has 0 aromatic carbocycles. The highest BCUT2D eigenvalue weighted by molar-refractivity contribution is 5.64. The van der Waals surface area contributed by atoms with Crippen molar-refractivity contribution in [3.8, 4) is 5.88 Å². The molecule has 0 fully saturated rings. The number of amides is 1. The predicted molar refractivity (Wildman–Crippen MR) is 77.0 cm³/mol. The van der Waals surface area contributed by atoms with Crippen LogP contribution >= 0.6 is 0 Å². The first-order valence-corrected chi connectivity index (χ1v) is 6.63.